The minimum atomic E-state index is -1.20. The molecule has 5 rings (SSSR count). The van der Waals surface area contributed by atoms with Crippen LogP contribution in [0.4, 0.5) is 6.01 Å². The van der Waals surface area contributed by atoms with E-state index in [2.05, 4.69) is 30.0 Å². The fraction of sp³-hybridized carbons (Fsp3) is 0.250. The van der Waals surface area contributed by atoms with Crippen LogP contribution in [0.25, 0.3) is 10.1 Å². The molecule has 0 bridgehead atoms. The summed E-state index contributed by atoms with van der Waals surface area (Å²) in [6.45, 7) is 0.319. The van der Waals surface area contributed by atoms with E-state index < -0.39 is 29.2 Å². The predicted molar refractivity (Wildman–Crippen MR) is 124 cm³/mol. The maximum atomic E-state index is 13.0. The number of aromatic nitrogens is 3. The van der Waals surface area contributed by atoms with Crippen molar-refractivity contribution in [2.45, 2.75) is 18.0 Å². The Balaban J connectivity index is 1.36. The van der Waals surface area contributed by atoms with Crippen LogP contribution in [-0.2, 0) is 25.8 Å². The lowest BCUT2D eigenvalue weighted by Gasteiger charge is -2.49. The monoisotopic (exact) mass is 516 g/mol. The topological polar surface area (TPSA) is 177 Å². The number of nitrogens with one attached hydrogen (secondary N) is 1. The molecule has 0 saturated carbocycles. The smallest absolute Gasteiger partial charge is 0.352 e. The maximum Gasteiger partial charge on any atom is 0.352 e. The van der Waals surface area contributed by atoms with E-state index in [-0.39, 0.29) is 23.2 Å². The van der Waals surface area contributed by atoms with Gasteiger partial charge in [-0.3, -0.25) is 14.5 Å². The van der Waals surface area contributed by atoms with Crippen molar-refractivity contribution in [3.63, 3.8) is 0 Å². The van der Waals surface area contributed by atoms with E-state index in [1.54, 1.807) is 11.3 Å². The predicted octanol–water partition coefficient (Wildman–Crippen LogP) is -0.0567. The van der Waals surface area contributed by atoms with Crippen molar-refractivity contribution in [3.05, 3.63) is 47.0 Å². The first-order valence-corrected chi connectivity index (χ1v) is 12.1. The van der Waals surface area contributed by atoms with E-state index in [1.165, 1.54) is 23.8 Å². The number of hydrogen-bond acceptors (Lipinski definition) is 11. The second kappa shape index (κ2) is 8.99. The lowest BCUT2D eigenvalue weighted by atomic mass is 10.0. The SMILES string of the molecule is CO/N=C(/C(=O)NC1C(=O)N2C(C(=O)O)=C(C[n+]3ccc4ccsc4c3)CSC12)c1noc(N)n1. The number of carboxylic acids is 1. The first-order chi connectivity index (χ1) is 16.9. The summed E-state index contributed by atoms with van der Waals surface area (Å²) in [6.07, 6.45) is 3.83. The number of amides is 2. The minimum Gasteiger partial charge on any atom is -0.477 e. The Bertz CT molecular complexity index is 1410. The van der Waals surface area contributed by atoms with Crippen LogP contribution >= 0.6 is 23.1 Å². The summed E-state index contributed by atoms with van der Waals surface area (Å²) >= 11 is 2.95. The number of nitrogens with zero attached hydrogens (tertiary/aromatic N) is 5. The third kappa shape index (κ3) is 4.08. The molecule has 2 aliphatic heterocycles. The standard InChI is InChI=1S/C20H17N7O6S2/c1-32-24-12(15-23-20(21)33-25-15)16(28)22-13-17(29)27-14(19(30)31)10(8-35-18(13)27)6-26-4-2-9-3-5-34-11(9)7-26/h2-5,7,13,18H,6,8H2,1H3,(H3-,21,22,23,25,28,30,31)/p+1/b24-12+. The number of rotatable bonds is 7. The summed E-state index contributed by atoms with van der Waals surface area (Å²) in [5.74, 6) is -2.38. The van der Waals surface area contributed by atoms with Crippen LogP contribution in [-0.4, -0.2) is 67.9 Å². The van der Waals surface area contributed by atoms with Crippen LogP contribution in [0.15, 0.2) is 50.9 Å². The fourth-order valence-electron chi connectivity index (χ4n) is 3.88. The van der Waals surface area contributed by atoms with Gasteiger partial charge >= 0.3 is 12.0 Å². The molecule has 0 aliphatic carbocycles. The minimum absolute atomic E-state index is 0.0697. The van der Waals surface area contributed by atoms with E-state index in [0.29, 0.717) is 17.9 Å². The number of pyridine rings is 1. The highest BCUT2D eigenvalue weighted by atomic mass is 32.2. The number of anilines is 1. The number of thiophene rings is 1. The van der Waals surface area contributed by atoms with Crippen LogP contribution in [0.3, 0.4) is 0 Å². The van der Waals surface area contributed by atoms with Gasteiger partial charge in [-0.1, -0.05) is 10.3 Å². The molecule has 35 heavy (non-hydrogen) atoms. The summed E-state index contributed by atoms with van der Waals surface area (Å²) in [7, 11) is 1.23. The number of hydrogen-bond donors (Lipinski definition) is 3. The molecule has 15 heteroatoms. The van der Waals surface area contributed by atoms with Crippen molar-refractivity contribution in [1.29, 1.82) is 0 Å². The molecule has 0 spiro atoms. The summed E-state index contributed by atoms with van der Waals surface area (Å²) in [5, 5.41) is 22.1. The zero-order chi connectivity index (χ0) is 24.7. The number of carboxylic acid groups (broad SMARTS) is 1. The number of oxime groups is 1. The number of carbonyl (C=O) groups is 3. The lowest BCUT2D eigenvalue weighted by Crippen LogP contribution is -2.71. The van der Waals surface area contributed by atoms with Gasteiger partial charge in [-0.15, -0.1) is 23.1 Å². The van der Waals surface area contributed by atoms with Gasteiger partial charge in [-0.25, -0.2) is 4.79 Å². The lowest BCUT2D eigenvalue weighted by molar-refractivity contribution is -0.687. The van der Waals surface area contributed by atoms with Crippen LogP contribution in [0.5, 0.6) is 0 Å². The molecular formula is C20H18N7O6S2+. The van der Waals surface area contributed by atoms with Crippen molar-refractivity contribution >= 4 is 62.7 Å². The Hall–Kier alpha value is -3.98. The fourth-order valence-corrected chi connectivity index (χ4v) is 6.05. The average molecular weight is 517 g/mol. The Kier molecular flexibility index (Phi) is 5.86. The maximum absolute atomic E-state index is 13.0. The normalized spacial score (nSPS) is 20.0. The molecule has 2 unspecified atom stereocenters. The highest BCUT2D eigenvalue weighted by Crippen LogP contribution is 2.40. The summed E-state index contributed by atoms with van der Waals surface area (Å²) in [5.41, 5.74) is 5.59. The molecule has 5 heterocycles. The molecule has 2 amide bonds. The molecular weight excluding hydrogens is 498 g/mol. The summed E-state index contributed by atoms with van der Waals surface area (Å²) < 4.78 is 7.63. The van der Waals surface area contributed by atoms with Crippen LogP contribution in [0.2, 0.25) is 0 Å². The molecule has 1 saturated heterocycles. The Labute approximate surface area is 205 Å². The van der Waals surface area contributed by atoms with Crippen LogP contribution in [0.1, 0.15) is 5.82 Å². The zero-order valence-electron chi connectivity index (χ0n) is 18.1. The van der Waals surface area contributed by atoms with Gasteiger partial charge in [0.15, 0.2) is 18.9 Å². The number of β-lactam (4-membered cyclic amide) rings is 1. The molecule has 180 valence electrons. The largest absolute Gasteiger partial charge is 0.477 e. The van der Waals surface area contributed by atoms with Gasteiger partial charge in [0.05, 0.1) is 4.70 Å². The Morgan fingerprint density at radius 1 is 1.46 bits per heavy atom. The summed E-state index contributed by atoms with van der Waals surface area (Å²) in [4.78, 5) is 47.5. The average Bonchev–Trinajstić information content (AvgIpc) is 3.48. The van der Waals surface area contributed by atoms with Crippen molar-refractivity contribution in [3.8, 4) is 0 Å². The first-order valence-electron chi connectivity index (χ1n) is 10.1. The van der Waals surface area contributed by atoms with E-state index >= 15 is 0 Å². The number of nitrogen functional groups attached to an aromatic ring is 1. The molecule has 2 atom stereocenters. The van der Waals surface area contributed by atoms with Crippen molar-refractivity contribution in [2.75, 3.05) is 18.6 Å². The zero-order valence-corrected chi connectivity index (χ0v) is 19.7. The number of nitrogens with two attached hydrogens (primary N) is 1. The molecule has 0 aromatic carbocycles. The summed E-state index contributed by atoms with van der Waals surface area (Å²) in [6, 6.07) is 2.73. The highest BCUT2D eigenvalue weighted by Gasteiger charge is 2.55. The number of fused-ring (bicyclic) bond motifs is 2. The third-order valence-corrected chi connectivity index (χ3v) is 7.62. The van der Waals surface area contributed by atoms with E-state index in [9.17, 15) is 19.5 Å². The quantitative estimate of drug-likeness (QED) is 0.167. The molecule has 13 nitrogen and oxygen atoms in total. The van der Waals surface area contributed by atoms with Crippen LogP contribution < -0.4 is 15.6 Å². The molecule has 1 fully saturated rings. The highest BCUT2D eigenvalue weighted by molar-refractivity contribution is 8.00. The number of aliphatic carboxylic acids is 1. The third-order valence-electron chi connectivity index (χ3n) is 5.42. The molecule has 2 aliphatic rings. The van der Waals surface area contributed by atoms with Crippen molar-refractivity contribution in [1.82, 2.24) is 20.4 Å². The molecule has 0 radical (unpaired) electrons. The molecule has 3 aromatic heterocycles. The van der Waals surface area contributed by atoms with Gasteiger partial charge in [-0.05, 0) is 11.4 Å². The van der Waals surface area contributed by atoms with E-state index in [0.717, 1.165) is 10.1 Å². The second-order valence-corrected chi connectivity index (χ2v) is 9.61. The van der Waals surface area contributed by atoms with Gasteiger partial charge in [0.1, 0.15) is 24.2 Å². The number of thioether (sulfide) groups is 1. The number of carbonyl (C=O) groups excluding carboxylic acids is 2. The van der Waals surface area contributed by atoms with Crippen LogP contribution in [0, 0.1) is 0 Å². The van der Waals surface area contributed by atoms with Gasteiger partial charge in [-0.2, -0.15) is 9.55 Å². The van der Waals surface area contributed by atoms with E-state index in [1.807, 2.05) is 34.5 Å². The first kappa shape index (κ1) is 22.8. The molecule has 3 aromatic rings. The van der Waals surface area contributed by atoms with Gasteiger partial charge in [0, 0.05) is 22.8 Å². The molecule has 4 N–H and O–H groups in total. The second-order valence-electron chi connectivity index (χ2n) is 7.55. The Morgan fingerprint density at radius 3 is 3.00 bits per heavy atom. The van der Waals surface area contributed by atoms with Gasteiger partial charge < -0.3 is 25.5 Å². The van der Waals surface area contributed by atoms with Crippen molar-refractivity contribution in [2.24, 2.45) is 5.16 Å². The van der Waals surface area contributed by atoms with Crippen molar-refractivity contribution < 1.29 is 33.4 Å². The van der Waals surface area contributed by atoms with Gasteiger partial charge in [0.2, 0.25) is 11.5 Å². The van der Waals surface area contributed by atoms with E-state index in [4.69, 9.17) is 5.73 Å². The van der Waals surface area contributed by atoms with Gasteiger partial charge in [0.25, 0.3) is 11.8 Å². The Morgan fingerprint density at radius 2 is 2.29 bits per heavy atom.